The van der Waals surface area contributed by atoms with Crippen molar-refractivity contribution in [3.05, 3.63) is 28.8 Å². The Labute approximate surface area is 179 Å². The lowest BCUT2D eigenvalue weighted by Crippen LogP contribution is -2.60. The molecule has 2 saturated carbocycles. The second-order valence-electron chi connectivity index (χ2n) is 10.9. The van der Waals surface area contributed by atoms with Gasteiger partial charge in [-0.2, -0.15) is 0 Å². The van der Waals surface area contributed by atoms with Crippen LogP contribution in [0, 0.1) is 22.7 Å². The van der Waals surface area contributed by atoms with Crippen LogP contribution in [0.2, 0.25) is 0 Å². The third kappa shape index (κ3) is 2.82. The lowest BCUT2D eigenvalue weighted by atomic mass is 9.42. The van der Waals surface area contributed by atoms with E-state index in [-0.39, 0.29) is 44.3 Å². The molecule has 2 fully saturated rings. The Morgan fingerprint density at radius 1 is 1.03 bits per heavy atom. The standard InChI is InChI=1S/C24H32O5S/c1-14(25)15-11-16(21(26)27)20-17(12-15)30(28,29)13-19-23(4)9-6-8-22(2,3)18(23)7-10-24(19,20)5/h11-12,18-19H,6-10,13H2,1-5H3,(H,26,27)/t18-,19+,23-,24+/m0/s1. The molecule has 1 N–H and O–H groups in total. The molecule has 4 rings (SSSR count). The number of benzene rings is 1. The summed E-state index contributed by atoms with van der Waals surface area (Å²) in [6.45, 7) is 10.2. The second kappa shape index (κ2) is 6.41. The summed E-state index contributed by atoms with van der Waals surface area (Å²) in [6, 6.07) is 2.80. The van der Waals surface area contributed by atoms with E-state index in [1.165, 1.54) is 19.1 Å². The summed E-state index contributed by atoms with van der Waals surface area (Å²) < 4.78 is 27.0. The molecule has 3 aliphatic rings. The van der Waals surface area contributed by atoms with E-state index in [4.69, 9.17) is 0 Å². The predicted octanol–water partition coefficient (Wildman–Crippen LogP) is 4.88. The zero-order chi connectivity index (χ0) is 22.3. The molecule has 1 heterocycles. The van der Waals surface area contributed by atoms with Crippen LogP contribution < -0.4 is 0 Å². The number of carbonyl (C=O) groups excluding carboxylic acids is 1. The zero-order valence-electron chi connectivity index (χ0n) is 18.5. The van der Waals surface area contributed by atoms with Crippen molar-refractivity contribution >= 4 is 21.6 Å². The molecule has 0 amide bonds. The molecule has 164 valence electrons. The Morgan fingerprint density at radius 3 is 2.30 bits per heavy atom. The van der Waals surface area contributed by atoms with Crippen LogP contribution in [0.15, 0.2) is 17.0 Å². The van der Waals surface area contributed by atoms with E-state index in [0.29, 0.717) is 11.5 Å². The number of hydrogen-bond donors (Lipinski definition) is 1. The average Bonchev–Trinajstić information content (AvgIpc) is 2.62. The van der Waals surface area contributed by atoms with Gasteiger partial charge in [0.05, 0.1) is 16.2 Å². The van der Waals surface area contributed by atoms with E-state index in [1.54, 1.807) is 0 Å². The van der Waals surface area contributed by atoms with Crippen molar-refractivity contribution in [1.29, 1.82) is 0 Å². The van der Waals surface area contributed by atoms with Gasteiger partial charge in [0.1, 0.15) is 0 Å². The topological polar surface area (TPSA) is 88.5 Å². The highest BCUT2D eigenvalue weighted by molar-refractivity contribution is 7.91. The van der Waals surface area contributed by atoms with Crippen molar-refractivity contribution in [3.63, 3.8) is 0 Å². The summed E-state index contributed by atoms with van der Waals surface area (Å²) in [7, 11) is -3.70. The van der Waals surface area contributed by atoms with Crippen LogP contribution in [-0.4, -0.2) is 31.0 Å². The van der Waals surface area contributed by atoms with Crippen molar-refractivity contribution < 1.29 is 23.1 Å². The van der Waals surface area contributed by atoms with Crippen LogP contribution in [0.25, 0.3) is 0 Å². The first-order valence-electron chi connectivity index (χ1n) is 10.9. The van der Waals surface area contributed by atoms with Crippen molar-refractivity contribution in [1.82, 2.24) is 0 Å². The van der Waals surface area contributed by atoms with Gasteiger partial charge in [-0.25, -0.2) is 13.2 Å². The molecule has 6 heteroatoms. The minimum atomic E-state index is -3.70. The molecule has 1 aromatic carbocycles. The van der Waals surface area contributed by atoms with Gasteiger partial charge in [-0.1, -0.05) is 34.1 Å². The fourth-order valence-electron chi connectivity index (χ4n) is 7.45. The highest BCUT2D eigenvalue weighted by Crippen LogP contribution is 2.66. The summed E-state index contributed by atoms with van der Waals surface area (Å²) in [5.74, 6) is -1.18. The molecule has 5 nitrogen and oxygen atoms in total. The number of ketones is 1. The third-order valence-electron chi connectivity index (χ3n) is 8.82. The number of Topliss-reactive ketones (excluding diaryl/α,β-unsaturated/α-hetero) is 1. The van der Waals surface area contributed by atoms with E-state index < -0.39 is 21.2 Å². The van der Waals surface area contributed by atoms with Gasteiger partial charge in [-0.05, 0) is 78.4 Å². The van der Waals surface area contributed by atoms with E-state index in [9.17, 15) is 23.1 Å². The quantitative estimate of drug-likeness (QED) is 0.673. The van der Waals surface area contributed by atoms with Crippen molar-refractivity contribution in [3.8, 4) is 0 Å². The van der Waals surface area contributed by atoms with Gasteiger partial charge in [0.25, 0.3) is 0 Å². The third-order valence-corrected chi connectivity index (χ3v) is 10.6. The normalized spacial score (nSPS) is 36.2. The lowest BCUT2D eigenvalue weighted by Gasteiger charge is -2.64. The van der Waals surface area contributed by atoms with E-state index in [2.05, 4.69) is 27.7 Å². The fraction of sp³-hybridized carbons (Fsp3) is 0.667. The minimum Gasteiger partial charge on any atom is -0.478 e. The Bertz CT molecular complexity index is 1050. The smallest absolute Gasteiger partial charge is 0.336 e. The fourth-order valence-corrected chi connectivity index (χ4v) is 9.78. The van der Waals surface area contributed by atoms with Crippen LogP contribution in [-0.2, 0) is 15.3 Å². The minimum absolute atomic E-state index is 0.0226. The number of aromatic carboxylic acids is 1. The SMILES string of the molecule is CC(=O)c1cc(C(=O)O)c2c(c1)S(=O)(=O)C[C@@H]1[C@@]3(C)CCCC(C)(C)[C@@H]3CC[C@@]21C. The Hall–Kier alpha value is -1.69. The van der Waals surface area contributed by atoms with Crippen molar-refractivity contribution in [2.75, 3.05) is 5.75 Å². The summed E-state index contributed by atoms with van der Waals surface area (Å²) in [4.78, 5) is 24.3. The molecule has 30 heavy (non-hydrogen) atoms. The number of fused-ring (bicyclic) bond motifs is 5. The number of rotatable bonds is 2. The number of sulfone groups is 1. The van der Waals surface area contributed by atoms with Crippen LogP contribution >= 0.6 is 0 Å². The molecule has 0 unspecified atom stereocenters. The Morgan fingerprint density at radius 2 is 1.70 bits per heavy atom. The maximum absolute atomic E-state index is 13.5. The number of carboxylic acids is 1. The molecule has 4 atom stereocenters. The van der Waals surface area contributed by atoms with Gasteiger partial charge in [-0.15, -0.1) is 0 Å². The van der Waals surface area contributed by atoms with Crippen molar-refractivity contribution in [2.24, 2.45) is 22.7 Å². The van der Waals surface area contributed by atoms with Crippen molar-refractivity contribution in [2.45, 2.75) is 77.0 Å². The molecule has 1 aromatic rings. The first kappa shape index (κ1) is 21.5. The van der Waals surface area contributed by atoms with Crippen LogP contribution in [0.3, 0.4) is 0 Å². The first-order valence-corrected chi connectivity index (χ1v) is 12.5. The first-order chi connectivity index (χ1) is 13.7. The van der Waals surface area contributed by atoms with E-state index >= 15 is 0 Å². The second-order valence-corrected chi connectivity index (χ2v) is 13.0. The maximum atomic E-state index is 13.5. The van der Waals surface area contributed by atoms with E-state index in [1.807, 2.05) is 0 Å². The highest BCUT2D eigenvalue weighted by Gasteiger charge is 2.62. The molecule has 0 saturated heterocycles. The van der Waals surface area contributed by atoms with E-state index in [0.717, 1.165) is 32.1 Å². The maximum Gasteiger partial charge on any atom is 0.336 e. The zero-order valence-corrected chi connectivity index (χ0v) is 19.4. The predicted molar refractivity (Wildman–Crippen MR) is 115 cm³/mol. The molecule has 1 aliphatic heterocycles. The molecule has 0 aromatic heterocycles. The lowest BCUT2D eigenvalue weighted by molar-refractivity contribution is -0.0982. The summed E-state index contributed by atoms with van der Waals surface area (Å²) in [5.41, 5.74) is 0.00370. The Kier molecular flexibility index (Phi) is 4.60. The summed E-state index contributed by atoms with van der Waals surface area (Å²) >= 11 is 0. The van der Waals surface area contributed by atoms with Crippen LogP contribution in [0.1, 0.15) is 93.0 Å². The van der Waals surface area contributed by atoms with Gasteiger partial charge in [0.2, 0.25) is 0 Å². The Balaban J connectivity index is 2.01. The van der Waals surface area contributed by atoms with Crippen LogP contribution in [0.5, 0.6) is 0 Å². The number of hydrogen-bond acceptors (Lipinski definition) is 4. The number of carbonyl (C=O) groups is 2. The van der Waals surface area contributed by atoms with Gasteiger partial charge < -0.3 is 5.11 Å². The summed E-state index contributed by atoms with van der Waals surface area (Å²) in [5, 5.41) is 10.00. The number of carboxylic acid groups (broad SMARTS) is 1. The van der Waals surface area contributed by atoms with Gasteiger partial charge >= 0.3 is 5.97 Å². The van der Waals surface area contributed by atoms with Gasteiger partial charge in [0.15, 0.2) is 15.6 Å². The average molecular weight is 433 g/mol. The molecule has 0 spiro atoms. The molecule has 0 radical (unpaired) electrons. The molecule has 0 bridgehead atoms. The molecular formula is C24H32O5S. The van der Waals surface area contributed by atoms with Gasteiger partial charge in [-0.3, -0.25) is 4.79 Å². The van der Waals surface area contributed by atoms with Crippen LogP contribution in [0.4, 0.5) is 0 Å². The largest absolute Gasteiger partial charge is 0.478 e. The molecule has 2 aliphatic carbocycles. The highest BCUT2D eigenvalue weighted by atomic mass is 32.2. The summed E-state index contributed by atoms with van der Waals surface area (Å²) in [6.07, 6.45) is 4.91. The van der Waals surface area contributed by atoms with Gasteiger partial charge in [0, 0.05) is 5.56 Å². The molecular weight excluding hydrogens is 400 g/mol. The monoisotopic (exact) mass is 432 g/mol.